The summed E-state index contributed by atoms with van der Waals surface area (Å²) in [7, 11) is -2.72. The molecule has 0 amide bonds. The Balaban J connectivity index is 2.44. The van der Waals surface area contributed by atoms with Gasteiger partial charge in [-0.25, -0.2) is 0 Å². The number of hydrogen-bond acceptors (Lipinski definition) is 2. The number of rotatable bonds is 10. The first-order valence-electron chi connectivity index (χ1n) is 9.53. The SMILES string of the molecule is CCCCCO[Si](OC(C)C(C)C)(c1ccccc1)c1ccccc1. The molecule has 0 radical (unpaired) electrons. The summed E-state index contributed by atoms with van der Waals surface area (Å²) in [5, 5.41) is 2.37. The molecule has 0 aliphatic carbocycles. The molecule has 2 aromatic rings. The molecule has 0 N–H and O–H groups in total. The summed E-state index contributed by atoms with van der Waals surface area (Å²) in [4.78, 5) is 0. The highest BCUT2D eigenvalue weighted by molar-refractivity contribution is 6.92. The molecule has 0 spiro atoms. The second kappa shape index (κ2) is 9.90. The molecule has 0 bridgehead atoms. The maximum absolute atomic E-state index is 6.77. The summed E-state index contributed by atoms with van der Waals surface area (Å²) < 4.78 is 13.4. The smallest absolute Gasteiger partial charge is 0.388 e. The first-order valence-corrected chi connectivity index (χ1v) is 11.3. The molecule has 0 aromatic heterocycles. The van der Waals surface area contributed by atoms with E-state index in [9.17, 15) is 0 Å². The van der Waals surface area contributed by atoms with E-state index < -0.39 is 8.56 Å². The lowest BCUT2D eigenvalue weighted by Gasteiger charge is -2.35. The Labute approximate surface area is 154 Å². The third-order valence-electron chi connectivity index (χ3n) is 4.65. The predicted octanol–water partition coefficient (Wildman–Crippen LogP) is 4.51. The normalized spacial score (nSPS) is 13.2. The molecule has 1 unspecified atom stereocenters. The van der Waals surface area contributed by atoms with Crippen LogP contribution in [0.15, 0.2) is 60.7 Å². The standard InChI is InChI=1S/C22H32O2Si/c1-5-6-13-18-23-25(24-20(4)19(2)3,21-14-9-7-10-15-21)22-16-11-8-12-17-22/h7-12,14-17,19-20H,5-6,13,18H2,1-4H3. The van der Waals surface area contributed by atoms with Crippen LogP contribution in [0.25, 0.3) is 0 Å². The lowest BCUT2D eigenvalue weighted by Crippen LogP contribution is -2.65. The zero-order valence-corrected chi connectivity index (χ0v) is 17.1. The van der Waals surface area contributed by atoms with Crippen molar-refractivity contribution < 1.29 is 8.85 Å². The van der Waals surface area contributed by atoms with Crippen molar-refractivity contribution in [2.45, 2.75) is 53.1 Å². The van der Waals surface area contributed by atoms with E-state index in [1.165, 1.54) is 23.2 Å². The first-order chi connectivity index (χ1) is 12.1. The van der Waals surface area contributed by atoms with E-state index in [0.717, 1.165) is 13.0 Å². The van der Waals surface area contributed by atoms with Gasteiger partial charge in [-0.05, 0) is 29.6 Å². The molecule has 2 aromatic carbocycles. The molecule has 0 saturated heterocycles. The number of hydrogen-bond donors (Lipinski definition) is 0. The molecule has 25 heavy (non-hydrogen) atoms. The quantitative estimate of drug-likeness (QED) is 0.460. The maximum Gasteiger partial charge on any atom is 0.407 e. The zero-order chi connectivity index (χ0) is 18.1. The fourth-order valence-corrected chi connectivity index (χ4v) is 6.28. The molecule has 0 saturated carbocycles. The summed E-state index contributed by atoms with van der Waals surface area (Å²) in [6.07, 6.45) is 3.59. The summed E-state index contributed by atoms with van der Waals surface area (Å²) in [6.45, 7) is 9.53. The Kier molecular flexibility index (Phi) is 7.88. The van der Waals surface area contributed by atoms with E-state index in [-0.39, 0.29) is 6.10 Å². The molecular weight excluding hydrogens is 324 g/mol. The van der Waals surface area contributed by atoms with Crippen LogP contribution < -0.4 is 10.4 Å². The van der Waals surface area contributed by atoms with Gasteiger partial charge in [-0.1, -0.05) is 94.3 Å². The largest absolute Gasteiger partial charge is 0.407 e. The van der Waals surface area contributed by atoms with E-state index in [4.69, 9.17) is 8.85 Å². The molecule has 1 atom stereocenters. The van der Waals surface area contributed by atoms with Gasteiger partial charge in [0.1, 0.15) is 0 Å². The van der Waals surface area contributed by atoms with Crippen LogP contribution in [0, 0.1) is 5.92 Å². The van der Waals surface area contributed by atoms with Crippen molar-refractivity contribution in [3.63, 3.8) is 0 Å². The minimum atomic E-state index is -2.72. The van der Waals surface area contributed by atoms with E-state index in [2.05, 4.69) is 88.4 Å². The van der Waals surface area contributed by atoms with Crippen molar-refractivity contribution in [2.24, 2.45) is 5.92 Å². The van der Waals surface area contributed by atoms with Gasteiger partial charge in [-0.3, -0.25) is 0 Å². The maximum atomic E-state index is 6.77. The van der Waals surface area contributed by atoms with Crippen LogP contribution in [0.1, 0.15) is 47.0 Å². The van der Waals surface area contributed by atoms with Gasteiger partial charge in [0.05, 0.1) is 0 Å². The summed E-state index contributed by atoms with van der Waals surface area (Å²) in [6, 6.07) is 21.1. The van der Waals surface area contributed by atoms with Gasteiger partial charge in [0.2, 0.25) is 0 Å². The molecule has 136 valence electrons. The monoisotopic (exact) mass is 356 g/mol. The molecule has 2 nitrogen and oxygen atoms in total. The van der Waals surface area contributed by atoms with Crippen LogP contribution >= 0.6 is 0 Å². The molecule has 2 rings (SSSR count). The van der Waals surface area contributed by atoms with Gasteiger partial charge in [0, 0.05) is 12.7 Å². The Morgan fingerprint density at radius 1 is 0.800 bits per heavy atom. The highest BCUT2D eigenvalue weighted by atomic mass is 28.4. The Bertz CT molecular complexity index is 558. The average molecular weight is 357 g/mol. The van der Waals surface area contributed by atoms with E-state index >= 15 is 0 Å². The van der Waals surface area contributed by atoms with Gasteiger partial charge >= 0.3 is 8.56 Å². The Morgan fingerprint density at radius 2 is 1.32 bits per heavy atom. The van der Waals surface area contributed by atoms with Crippen LogP contribution in [-0.2, 0) is 8.85 Å². The lowest BCUT2D eigenvalue weighted by molar-refractivity contribution is 0.110. The van der Waals surface area contributed by atoms with Gasteiger partial charge in [-0.15, -0.1) is 0 Å². The fourth-order valence-electron chi connectivity index (χ4n) is 2.78. The third kappa shape index (κ3) is 5.27. The van der Waals surface area contributed by atoms with E-state index in [1.54, 1.807) is 0 Å². The molecule has 0 aliphatic heterocycles. The molecular formula is C22H32O2Si. The first kappa shape index (κ1) is 19.9. The highest BCUT2D eigenvalue weighted by Crippen LogP contribution is 2.17. The molecule has 0 aliphatic rings. The third-order valence-corrected chi connectivity index (χ3v) is 8.15. The second-order valence-corrected chi connectivity index (χ2v) is 9.88. The Morgan fingerprint density at radius 3 is 1.76 bits per heavy atom. The fraction of sp³-hybridized carbons (Fsp3) is 0.455. The Hall–Kier alpha value is -1.42. The van der Waals surface area contributed by atoms with Gasteiger partial charge in [0.25, 0.3) is 0 Å². The van der Waals surface area contributed by atoms with Crippen LogP contribution in [0.3, 0.4) is 0 Å². The predicted molar refractivity (Wildman–Crippen MR) is 109 cm³/mol. The van der Waals surface area contributed by atoms with Crippen molar-refractivity contribution in [1.29, 1.82) is 0 Å². The van der Waals surface area contributed by atoms with Crippen molar-refractivity contribution in [1.82, 2.24) is 0 Å². The zero-order valence-electron chi connectivity index (χ0n) is 16.1. The second-order valence-electron chi connectivity index (χ2n) is 6.97. The topological polar surface area (TPSA) is 18.5 Å². The lowest BCUT2D eigenvalue weighted by atomic mass is 10.1. The van der Waals surface area contributed by atoms with Crippen LogP contribution in [-0.4, -0.2) is 21.3 Å². The van der Waals surface area contributed by atoms with E-state index in [0.29, 0.717) is 5.92 Å². The summed E-state index contributed by atoms with van der Waals surface area (Å²) >= 11 is 0. The average Bonchev–Trinajstić information content (AvgIpc) is 2.65. The van der Waals surface area contributed by atoms with Crippen molar-refractivity contribution in [3.05, 3.63) is 60.7 Å². The van der Waals surface area contributed by atoms with Gasteiger partial charge < -0.3 is 8.85 Å². The van der Waals surface area contributed by atoms with Crippen molar-refractivity contribution in [3.8, 4) is 0 Å². The molecule has 0 fully saturated rings. The van der Waals surface area contributed by atoms with Gasteiger partial charge in [-0.2, -0.15) is 0 Å². The number of unbranched alkanes of at least 4 members (excludes halogenated alkanes) is 2. The highest BCUT2D eigenvalue weighted by Gasteiger charge is 2.44. The summed E-state index contributed by atoms with van der Waals surface area (Å²) in [5.74, 6) is 0.443. The van der Waals surface area contributed by atoms with E-state index in [1.807, 2.05) is 0 Å². The van der Waals surface area contributed by atoms with Crippen molar-refractivity contribution in [2.75, 3.05) is 6.61 Å². The van der Waals surface area contributed by atoms with Crippen LogP contribution in [0.4, 0.5) is 0 Å². The minimum absolute atomic E-state index is 0.137. The molecule has 3 heteroatoms. The van der Waals surface area contributed by atoms with Crippen molar-refractivity contribution >= 4 is 18.9 Å². The van der Waals surface area contributed by atoms with Crippen LogP contribution in [0.2, 0.25) is 0 Å². The van der Waals surface area contributed by atoms with Gasteiger partial charge in [0.15, 0.2) is 0 Å². The molecule has 0 heterocycles. The van der Waals surface area contributed by atoms with Crippen LogP contribution in [0.5, 0.6) is 0 Å². The minimum Gasteiger partial charge on any atom is -0.388 e. The number of benzene rings is 2. The summed E-state index contributed by atoms with van der Waals surface area (Å²) in [5.41, 5.74) is 0.